The number of hydrogen-bond donors (Lipinski definition) is 2. The van der Waals surface area contributed by atoms with Gasteiger partial charge >= 0.3 is 0 Å². The smallest absolute Gasteiger partial charge is 0.267 e. The first-order chi connectivity index (χ1) is 33.5. The second-order valence-electron chi connectivity index (χ2n) is 18.1. The van der Waals surface area contributed by atoms with Crippen LogP contribution in [0, 0.1) is 23.5 Å². The number of para-hydroxylation sites is 2. The van der Waals surface area contributed by atoms with Gasteiger partial charge < -0.3 is 29.7 Å². The minimum Gasteiger partial charge on any atom is -0.375 e. The zero-order valence-corrected chi connectivity index (χ0v) is 39.1. The van der Waals surface area contributed by atoms with Crippen molar-refractivity contribution in [2.75, 3.05) is 25.0 Å². The Morgan fingerprint density at radius 2 is 1.43 bits per heavy atom. The summed E-state index contributed by atoms with van der Waals surface area (Å²) in [6.07, 6.45) is 1.76. The number of hydrogen-bond acceptors (Lipinski definition) is 7. The lowest BCUT2D eigenvalue weighted by molar-refractivity contribution is -0.142. The molecule has 2 aliphatic heterocycles. The van der Waals surface area contributed by atoms with Gasteiger partial charge in [-0.15, -0.1) is 0 Å². The number of fused-ring (bicyclic) bond motifs is 2. The van der Waals surface area contributed by atoms with E-state index in [1.807, 2.05) is 0 Å². The molecule has 0 spiro atoms. The molecule has 2 saturated heterocycles. The van der Waals surface area contributed by atoms with Gasteiger partial charge in [0.25, 0.3) is 5.92 Å². The summed E-state index contributed by atoms with van der Waals surface area (Å²) in [6.45, 7) is 0.392. The molecule has 19 heteroatoms. The van der Waals surface area contributed by atoms with Crippen molar-refractivity contribution in [3.8, 4) is 0 Å². The summed E-state index contributed by atoms with van der Waals surface area (Å²) < 4.78 is 68.5. The summed E-state index contributed by atoms with van der Waals surface area (Å²) in [5.41, 5.74) is 1.80. The number of rotatable bonds is 15. The molecule has 70 heavy (non-hydrogen) atoms. The van der Waals surface area contributed by atoms with Gasteiger partial charge in [-0.05, 0) is 61.4 Å². The first kappa shape index (κ1) is 48.5. The lowest BCUT2D eigenvalue weighted by atomic mass is 10.1. The predicted octanol–water partition coefficient (Wildman–Crippen LogP) is 8.47. The zero-order valence-electron chi connectivity index (χ0n) is 37.6. The maximum Gasteiger partial charge on any atom is 0.267 e. The highest BCUT2D eigenvalue weighted by Crippen LogP contribution is 2.43. The Labute approximate surface area is 408 Å². The van der Waals surface area contributed by atoms with Crippen molar-refractivity contribution in [2.24, 2.45) is 11.8 Å². The van der Waals surface area contributed by atoms with Crippen LogP contribution in [0.15, 0.2) is 97.3 Å². The number of likely N-dealkylation sites (tertiary alicyclic amines) is 2. The lowest BCUT2D eigenvalue weighted by Crippen LogP contribution is -2.51. The normalized spacial score (nSPS) is 20.5. The van der Waals surface area contributed by atoms with Crippen molar-refractivity contribution < 1.29 is 51.1 Å². The molecule has 6 aromatic rings. The molecule has 0 radical (unpaired) electrons. The summed E-state index contributed by atoms with van der Waals surface area (Å²) in [5, 5.41) is 6.22. The van der Waals surface area contributed by atoms with Crippen LogP contribution in [-0.2, 0) is 43.4 Å². The highest BCUT2D eigenvalue weighted by Gasteiger charge is 2.50. The van der Waals surface area contributed by atoms with Gasteiger partial charge in [-0.2, -0.15) is 0 Å². The minimum atomic E-state index is -3.39. The lowest BCUT2D eigenvalue weighted by Gasteiger charge is -2.28. The fraction of sp³-hybridized carbons (Fsp3) is 0.333. The number of amides is 4. The molecule has 13 nitrogen and oxygen atoms in total. The van der Waals surface area contributed by atoms with E-state index >= 15 is 0 Å². The van der Waals surface area contributed by atoms with E-state index in [4.69, 9.17) is 27.9 Å². The Kier molecular flexibility index (Phi) is 13.6. The summed E-state index contributed by atoms with van der Waals surface area (Å²) in [7, 11) is 0. The van der Waals surface area contributed by atoms with E-state index in [2.05, 4.69) is 10.6 Å². The van der Waals surface area contributed by atoms with Crippen LogP contribution in [0.2, 0.25) is 10.0 Å². The number of alkyl halides is 2. The first-order valence-corrected chi connectivity index (χ1v) is 23.5. The number of carbonyl (C=O) groups is 6. The maximum atomic E-state index is 14.8. The Morgan fingerprint density at radius 3 is 2.16 bits per heavy atom. The summed E-state index contributed by atoms with van der Waals surface area (Å²) >= 11 is 11.8. The average molecular weight is 1000 g/mol. The van der Waals surface area contributed by atoms with Crippen LogP contribution in [0.25, 0.3) is 21.8 Å². The molecule has 1 saturated carbocycles. The number of anilines is 1. The van der Waals surface area contributed by atoms with Crippen molar-refractivity contribution in [3.05, 3.63) is 136 Å². The fourth-order valence-corrected chi connectivity index (χ4v) is 10.1. The van der Waals surface area contributed by atoms with E-state index in [1.165, 1.54) is 52.9 Å². The number of ketones is 1. The number of halogens is 6. The minimum absolute atomic E-state index is 0.0781. The molecule has 3 aliphatic rings. The molecular formula is C51H46Cl2F4N6O7. The van der Waals surface area contributed by atoms with Crippen molar-refractivity contribution in [1.29, 1.82) is 0 Å². The standard InChI is InChI=1S/C51H46Cl2F4N6O7/c1-28(64)35-23-60(39-14-4-2-10-33(35)39)25-45(67)61-17-16-42(48(61)50(69)58-22-30-9-7-13-37(53)47(30)55)70-26-32-18-31(32)20-43(65)62-24-38(34-11-3-5-15-40(34)62)59-49(68)41-21-51(56,57)27-63(41)44(66)19-29-8-6-12-36(52)46(29)54/h2-15,23-24,31-32,41-42,48H,16-22,25-27H2,1H3,(H,58,69)(H,59,68). The molecule has 4 amide bonds. The third kappa shape index (κ3) is 9.92. The number of nitrogens with one attached hydrogen (secondary N) is 2. The maximum absolute atomic E-state index is 14.8. The largest absolute Gasteiger partial charge is 0.375 e. The van der Waals surface area contributed by atoms with Crippen LogP contribution in [-0.4, -0.2) is 98.1 Å². The molecule has 364 valence electrons. The first-order valence-electron chi connectivity index (χ1n) is 22.7. The Morgan fingerprint density at radius 1 is 0.757 bits per heavy atom. The van der Waals surface area contributed by atoms with Crippen molar-refractivity contribution in [3.63, 3.8) is 0 Å². The average Bonchev–Trinajstić information content (AvgIpc) is 3.64. The van der Waals surface area contributed by atoms with Crippen LogP contribution in [0.1, 0.15) is 58.9 Å². The quantitative estimate of drug-likeness (QED) is 0.0774. The third-order valence-electron chi connectivity index (χ3n) is 13.4. The molecule has 0 bridgehead atoms. The van der Waals surface area contributed by atoms with E-state index in [-0.39, 0.29) is 83.0 Å². The Bertz CT molecular complexity index is 3090. The van der Waals surface area contributed by atoms with E-state index in [0.29, 0.717) is 40.2 Å². The molecule has 9 rings (SSSR count). The molecule has 3 fully saturated rings. The van der Waals surface area contributed by atoms with Gasteiger partial charge in [0.2, 0.25) is 29.5 Å². The van der Waals surface area contributed by atoms with E-state index in [9.17, 15) is 46.3 Å². The summed E-state index contributed by atoms with van der Waals surface area (Å²) in [6, 6.07) is 19.7. The van der Waals surface area contributed by atoms with Crippen LogP contribution in [0.4, 0.5) is 23.2 Å². The van der Waals surface area contributed by atoms with Crippen molar-refractivity contribution >= 4 is 86.0 Å². The molecule has 4 heterocycles. The molecule has 5 atom stereocenters. The monoisotopic (exact) mass is 1000 g/mol. The molecule has 5 unspecified atom stereocenters. The van der Waals surface area contributed by atoms with E-state index in [0.717, 1.165) is 4.90 Å². The summed E-state index contributed by atoms with van der Waals surface area (Å²) in [4.78, 5) is 83.7. The van der Waals surface area contributed by atoms with Gasteiger partial charge in [0.05, 0.1) is 46.9 Å². The van der Waals surface area contributed by atoms with Gasteiger partial charge in [-0.3, -0.25) is 33.3 Å². The number of benzene rings is 4. The number of ether oxygens (including phenoxy) is 1. The number of aromatic nitrogens is 2. The van der Waals surface area contributed by atoms with Crippen molar-refractivity contribution in [2.45, 2.75) is 76.2 Å². The highest BCUT2D eigenvalue weighted by molar-refractivity contribution is 6.31. The predicted molar refractivity (Wildman–Crippen MR) is 253 cm³/mol. The topological polar surface area (TPSA) is 152 Å². The molecule has 2 N–H and O–H groups in total. The van der Waals surface area contributed by atoms with Crippen molar-refractivity contribution in [1.82, 2.24) is 24.3 Å². The number of carbonyl (C=O) groups excluding carboxylic acids is 6. The van der Waals surface area contributed by atoms with Gasteiger partial charge in [0, 0.05) is 65.7 Å². The van der Waals surface area contributed by atoms with Crippen LogP contribution in [0.5, 0.6) is 0 Å². The second kappa shape index (κ2) is 19.7. The SMILES string of the molecule is CC(=O)c1cn(CC(=O)N2CCC(OCC3CC3CC(=O)n3cc(NC(=O)C4CC(F)(F)CN4C(=O)Cc4cccc(Cl)c4F)c4ccccc43)C2C(=O)NCc2cccc(Cl)c2F)c2ccccc12. The molecule has 1 aliphatic carbocycles. The molecular weight excluding hydrogens is 955 g/mol. The third-order valence-corrected chi connectivity index (χ3v) is 14.0. The van der Waals surface area contributed by atoms with Crippen LogP contribution < -0.4 is 10.6 Å². The fourth-order valence-electron chi connectivity index (χ4n) is 9.69. The zero-order chi connectivity index (χ0) is 49.6. The second-order valence-corrected chi connectivity index (χ2v) is 18.9. The number of Topliss-reactive ketones (excluding diaryl/α,β-unsaturated/α-hetero) is 1. The Balaban J connectivity index is 0.858. The van der Waals surface area contributed by atoms with Crippen LogP contribution in [0.3, 0.4) is 0 Å². The Hall–Kier alpha value is -6.56. The van der Waals surface area contributed by atoms with Gasteiger partial charge in [-0.25, -0.2) is 17.6 Å². The van der Waals surface area contributed by atoms with E-state index < -0.39 is 78.8 Å². The van der Waals surface area contributed by atoms with Gasteiger partial charge in [-0.1, -0.05) is 83.9 Å². The van der Waals surface area contributed by atoms with Gasteiger partial charge in [0.1, 0.15) is 30.3 Å². The summed E-state index contributed by atoms with van der Waals surface area (Å²) in [5.74, 6) is -8.33. The van der Waals surface area contributed by atoms with E-state index in [1.54, 1.807) is 65.4 Å². The highest BCUT2D eigenvalue weighted by atomic mass is 35.5. The number of nitrogens with zero attached hydrogens (tertiary/aromatic N) is 4. The van der Waals surface area contributed by atoms with Gasteiger partial charge in [0.15, 0.2) is 5.78 Å². The van der Waals surface area contributed by atoms with Crippen LogP contribution >= 0.6 is 23.2 Å². The molecule has 2 aromatic heterocycles. The molecule has 4 aromatic carbocycles.